The molecule has 3 aliphatic rings. The first-order valence-electron chi connectivity index (χ1n) is 12.9. The molecule has 3 N–H and O–H groups in total. The van der Waals surface area contributed by atoms with E-state index in [1.807, 2.05) is 12.1 Å². The lowest BCUT2D eigenvalue weighted by atomic mass is 9.85. The lowest BCUT2D eigenvalue weighted by molar-refractivity contribution is -0.124. The van der Waals surface area contributed by atoms with Crippen molar-refractivity contribution < 1.29 is 19.1 Å². The molecule has 1 aromatic rings. The molecule has 2 heterocycles. The highest BCUT2D eigenvalue weighted by molar-refractivity contribution is 5.94. The van der Waals surface area contributed by atoms with Crippen LogP contribution in [0.3, 0.4) is 0 Å². The fourth-order valence-electron chi connectivity index (χ4n) is 5.12. The molecule has 1 atom stereocenters. The van der Waals surface area contributed by atoms with Gasteiger partial charge in [-0.05, 0) is 76.4 Å². The number of rotatable bonds is 8. The van der Waals surface area contributed by atoms with Gasteiger partial charge in [0, 0.05) is 43.5 Å². The number of nitrogens with zero attached hydrogens (tertiary/aromatic N) is 1. The Morgan fingerprint density at radius 2 is 1.91 bits per heavy atom. The van der Waals surface area contributed by atoms with Crippen molar-refractivity contribution in [2.24, 2.45) is 5.92 Å². The van der Waals surface area contributed by atoms with Crippen LogP contribution in [0.25, 0.3) is 0 Å². The monoisotopic (exact) mass is 472 g/mol. The molecule has 4 rings (SSSR count). The smallest absolute Gasteiger partial charge is 0.251 e. The number of carbonyl (C=O) groups is 2. The molecular weight excluding hydrogens is 432 g/mol. The highest BCUT2D eigenvalue weighted by Crippen LogP contribution is 2.32. The fourth-order valence-corrected chi connectivity index (χ4v) is 5.12. The van der Waals surface area contributed by atoms with Gasteiger partial charge in [0.05, 0.1) is 12.6 Å². The average molecular weight is 473 g/mol. The first-order chi connectivity index (χ1) is 16.5. The van der Waals surface area contributed by atoms with Crippen molar-refractivity contribution in [2.45, 2.75) is 76.6 Å². The number of hydrogen-bond donors (Lipinski definition) is 3. The molecule has 1 aromatic carbocycles. The van der Waals surface area contributed by atoms with Crippen molar-refractivity contribution in [3.8, 4) is 5.75 Å². The van der Waals surface area contributed by atoms with Crippen LogP contribution in [0.1, 0.15) is 62.7 Å². The third-order valence-electron chi connectivity index (χ3n) is 7.29. The Morgan fingerprint density at radius 1 is 1.18 bits per heavy atom. The number of ether oxygens (including phenoxy) is 2. The number of nitrogens with one attached hydrogen (secondary N) is 3. The van der Waals surface area contributed by atoms with E-state index in [4.69, 9.17) is 9.47 Å². The zero-order valence-electron chi connectivity index (χ0n) is 20.6. The van der Waals surface area contributed by atoms with Gasteiger partial charge in [-0.1, -0.05) is 0 Å². The van der Waals surface area contributed by atoms with E-state index in [1.54, 1.807) is 12.1 Å². The Balaban J connectivity index is 1.22. The lowest BCUT2D eigenvalue weighted by Gasteiger charge is -2.46. The summed E-state index contributed by atoms with van der Waals surface area (Å²) in [6, 6.07) is 8.33. The van der Waals surface area contributed by atoms with Gasteiger partial charge in [-0.25, -0.2) is 0 Å². The molecule has 0 radical (unpaired) electrons. The third-order valence-corrected chi connectivity index (χ3v) is 7.29. The standard InChI is InChI=1S/C26H40N4O4/c1-18(2)30(15-19-9-11-27-12-10-19)22-13-24(14-22)34-23-6-3-20(4-7-23)26(32)29-21-5-8-25(31)28-17-33-16-21/h3-4,6-7,18-19,21-22,24,27H,5,8-17H2,1-2H3,(H,28,31)(H,29,32). The Bertz CT molecular complexity index is 804. The number of amides is 2. The Labute approximate surface area is 203 Å². The van der Waals surface area contributed by atoms with Crippen LogP contribution in [0, 0.1) is 5.92 Å². The molecule has 2 saturated heterocycles. The molecule has 2 amide bonds. The van der Waals surface area contributed by atoms with E-state index in [-0.39, 0.29) is 30.7 Å². The molecule has 1 unspecified atom stereocenters. The van der Waals surface area contributed by atoms with Gasteiger partial charge in [-0.3, -0.25) is 14.5 Å². The molecule has 34 heavy (non-hydrogen) atoms. The van der Waals surface area contributed by atoms with E-state index >= 15 is 0 Å². The number of carbonyl (C=O) groups excluding carboxylic acids is 2. The highest BCUT2D eigenvalue weighted by atomic mass is 16.5. The van der Waals surface area contributed by atoms with Crippen LogP contribution >= 0.6 is 0 Å². The van der Waals surface area contributed by atoms with Gasteiger partial charge in [0.25, 0.3) is 5.91 Å². The molecular formula is C26H40N4O4. The van der Waals surface area contributed by atoms with Crippen molar-refractivity contribution >= 4 is 11.8 Å². The molecule has 1 aliphatic carbocycles. The number of piperidine rings is 1. The minimum Gasteiger partial charge on any atom is -0.490 e. The largest absolute Gasteiger partial charge is 0.490 e. The normalized spacial score (nSPS) is 26.4. The van der Waals surface area contributed by atoms with Crippen LogP contribution in [-0.2, 0) is 9.53 Å². The van der Waals surface area contributed by atoms with Crippen molar-refractivity contribution in [3.05, 3.63) is 29.8 Å². The van der Waals surface area contributed by atoms with Crippen LogP contribution in [0.5, 0.6) is 5.75 Å². The number of benzene rings is 1. The Hall–Kier alpha value is -2.16. The average Bonchev–Trinajstić information content (AvgIpc) is 2.80. The van der Waals surface area contributed by atoms with Crippen LogP contribution in [0.15, 0.2) is 24.3 Å². The quantitative estimate of drug-likeness (QED) is 0.538. The van der Waals surface area contributed by atoms with E-state index in [9.17, 15) is 9.59 Å². The zero-order chi connectivity index (χ0) is 23.9. The first-order valence-corrected chi connectivity index (χ1v) is 12.9. The van der Waals surface area contributed by atoms with Gasteiger partial charge in [0.2, 0.25) is 5.91 Å². The molecule has 8 heteroatoms. The molecule has 1 saturated carbocycles. The molecule has 0 aromatic heterocycles. The summed E-state index contributed by atoms with van der Waals surface area (Å²) in [5.41, 5.74) is 0.582. The van der Waals surface area contributed by atoms with E-state index < -0.39 is 0 Å². The second kappa shape index (κ2) is 12.0. The SMILES string of the molecule is CC(C)N(CC1CCNCC1)C1CC(Oc2ccc(C(=O)NC3CCC(=O)NCOC3)cc2)C1. The minimum absolute atomic E-state index is 0.0542. The van der Waals surface area contributed by atoms with Gasteiger partial charge in [-0.15, -0.1) is 0 Å². The van der Waals surface area contributed by atoms with Gasteiger partial charge >= 0.3 is 0 Å². The second-order valence-electron chi connectivity index (χ2n) is 10.2. The first kappa shape index (κ1) is 24.9. The third kappa shape index (κ3) is 6.93. The van der Waals surface area contributed by atoms with Crippen LogP contribution in [0.2, 0.25) is 0 Å². The summed E-state index contributed by atoms with van der Waals surface area (Å²) in [7, 11) is 0. The van der Waals surface area contributed by atoms with Crippen molar-refractivity contribution in [2.75, 3.05) is 33.0 Å². The lowest BCUT2D eigenvalue weighted by Crippen LogP contribution is -2.53. The fraction of sp³-hybridized carbons (Fsp3) is 0.692. The Kier molecular flexibility index (Phi) is 8.80. The van der Waals surface area contributed by atoms with E-state index in [0.29, 0.717) is 37.1 Å². The highest BCUT2D eigenvalue weighted by Gasteiger charge is 2.37. The summed E-state index contributed by atoms with van der Waals surface area (Å²) in [6.07, 6.45) is 5.85. The maximum Gasteiger partial charge on any atom is 0.251 e. The van der Waals surface area contributed by atoms with Crippen LogP contribution in [0.4, 0.5) is 0 Å². The van der Waals surface area contributed by atoms with Crippen LogP contribution in [-0.4, -0.2) is 73.9 Å². The summed E-state index contributed by atoms with van der Waals surface area (Å²) in [5.74, 6) is 1.39. The van der Waals surface area contributed by atoms with Gasteiger partial charge in [0.1, 0.15) is 18.6 Å². The molecule has 3 fully saturated rings. The van der Waals surface area contributed by atoms with Crippen molar-refractivity contribution in [1.82, 2.24) is 20.9 Å². The van der Waals surface area contributed by atoms with E-state index in [1.165, 1.54) is 19.4 Å². The molecule has 2 aliphatic heterocycles. The summed E-state index contributed by atoms with van der Waals surface area (Å²) in [5, 5.41) is 9.10. The topological polar surface area (TPSA) is 91.9 Å². The second-order valence-corrected chi connectivity index (χ2v) is 10.2. The van der Waals surface area contributed by atoms with Gasteiger partial charge in [0.15, 0.2) is 0 Å². The molecule has 0 spiro atoms. The molecule has 0 bridgehead atoms. The molecule has 188 valence electrons. The summed E-state index contributed by atoms with van der Waals surface area (Å²) < 4.78 is 11.6. The van der Waals surface area contributed by atoms with Crippen molar-refractivity contribution in [1.29, 1.82) is 0 Å². The number of hydrogen-bond acceptors (Lipinski definition) is 6. The van der Waals surface area contributed by atoms with Crippen LogP contribution < -0.4 is 20.7 Å². The van der Waals surface area contributed by atoms with Gasteiger partial charge in [-0.2, -0.15) is 0 Å². The van der Waals surface area contributed by atoms with Gasteiger partial charge < -0.3 is 25.4 Å². The van der Waals surface area contributed by atoms with E-state index in [2.05, 4.69) is 34.7 Å². The predicted molar refractivity (Wildman–Crippen MR) is 131 cm³/mol. The predicted octanol–water partition coefficient (Wildman–Crippen LogP) is 2.29. The summed E-state index contributed by atoms with van der Waals surface area (Å²) in [6.45, 7) is 8.66. The maximum absolute atomic E-state index is 12.6. The zero-order valence-corrected chi connectivity index (χ0v) is 20.6. The molecule has 8 nitrogen and oxygen atoms in total. The maximum atomic E-state index is 12.6. The van der Waals surface area contributed by atoms with E-state index in [0.717, 1.165) is 37.6 Å². The summed E-state index contributed by atoms with van der Waals surface area (Å²) >= 11 is 0. The Morgan fingerprint density at radius 3 is 2.62 bits per heavy atom. The summed E-state index contributed by atoms with van der Waals surface area (Å²) in [4.78, 5) is 26.8. The minimum atomic E-state index is -0.171. The van der Waals surface area contributed by atoms with Crippen molar-refractivity contribution in [3.63, 3.8) is 0 Å².